The molecule has 8 rings (SSSR count). The van der Waals surface area contributed by atoms with Crippen LogP contribution >= 0.6 is 0 Å². The molecule has 0 N–H and O–H groups in total. The summed E-state index contributed by atoms with van der Waals surface area (Å²) in [5.41, 5.74) is 5.69. The minimum absolute atomic E-state index is 0. The predicted octanol–water partition coefficient (Wildman–Crippen LogP) is 7.92. The molecule has 0 fully saturated rings. The molecule has 2 unspecified atom stereocenters. The summed E-state index contributed by atoms with van der Waals surface area (Å²) in [5.74, 6) is 2.41. The summed E-state index contributed by atoms with van der Waals surface area (Å²) < 4.78 is 15.5. The van der Waals surface area contributed by atoms with Gasteiger partial charge in [-0.3, -0.25) is 0 Å². The molecule has 272 valence electrons. The molecular weight excluding hydrogens is 803 g/mol. The zero-order valence-corrected chi connectivity index (χ0v) is 38.6. The second-order valence-electron chi connectivity index (χ2n) is 17.7. The summed E-state index contributed by atoms with van der Waals surface area (Å²) in [6, 6.07) is 36.2. The average Bonchev–Trinajstić information content (AvgIpc) is 3.62. The zero-order chi connectivity index (χ0) is 36.1. The van der Waals surface area contributed by atoms with Gasteiger partial charge in [0.2, 0.25) is 0 Å². The van der Waals surface area contributed by atoms with Gasteiger partial charge in [-0.15, -0.1) is 0 Å². The van der Waals surface area contributed by atoms with E-state index < -0.39 is 39.9 Å². The van der Waals surface area contributed by atoms with Crippen molar-refractivity contribution in [3.63, 3.8) is 0 Å². The van der Waals surface area contributed by atoms with Crippen LogP contribution in [0.4, 0.5) is 0 Å². The Labute approximate surface area is 342 Å². The second-order valence-corrected chi connectivity index (χ2v) is 30.8. The maximum absolute atomic E-state index is 7.49. The van der Waals surface area contributed by atoms with Gasteiger partial charge in [-0.25, -0.2) is 0 Å². The molecule has 0 heterocycles. The van der Waals surface area contributed by atoms with E-state index in [2.05, 4.69) is 177 Å². The third kappa shape index (κ3) is 6.61. The van der Waals surface area contributed by atoms with Gasteiger partial charge in [0.15, 0.2) is 0 Å². The van der Waals surface area contributed by atoms with E-state index >= 15 is 0 Å². The molecule has 0 aliphatic heterocycles. The molecule has 0 radical (unpaired) electrons. The van der Waals surface area contributed by atoms with Gasteiger partial charge in [-0.05, 0) is 0 Å². The van der Waals surface area contributed by atoms with Crippen LogP contribution in [-0.2, 0) is 32.1 Å². The topological polar surface area (TPSA) is 18.5 Å². The third-order valence-electron chi connectivity index (χ3n) is 12.4. The number of rotatable bonds is 6. The molecule has 2 aliphatic carbocycles. The van der Waals surface area contributed by atoms with Crippen LogP contribution in [0.1, 0.15) is 71.0 Å². The molecule has 2 aliphatic rings. The number of halogens is 2. The van der Waals surface area contributed by atoms with Gasteiger partial charge < -0.3 is 24.8 Å². The van der Waals surface area contributed by atoms with Gasteiger partial charge in [-0.1, -0.05) is 0 Å². The molecule has 53 heavy (non-hydrogen) atoms. The first kappa shape index (κ1) is 40.0. The predicted molar refractivity (Wildman–Crippen MR) is 221 cm³/mol. The monoisotopic (exact) mass is 850 g/mol. The van der Waals surface area contributed by atoms with Crippen molar-refractivity contribution < 1.29 is 56.9 Å². The average molecular weight is 853 g/mol. The van der Waals surface area contributed by atoms with Crippen LogP contribution < -0.4 is 24.8 Å². The summed E-state index contributed by atoms with van der Waals surface area (Å²) in [5, 5.41) is 10.9. The van der Waals surface area contributed by atoms with Crippen LogP contribution in [0.25, 0.3) is 55.2 Å². The largest absolute Gasteiger partial charge is 1.00 e. The molecule has 6 aromatic carbocycles. The fourth-order valence-electron chi connectivity index (χ4n) is 7.63. The van der Waals surface area contributed by atoms with Crippen molar-refractivity contribution in [1.82, 2.24) is 0 Å². The number of allylic oxidation sites excluding steroid dienone is 2. The number of fused-ring (bicyclic) bond motifs is 12. The maximum Gasteiger partial charge on any atom is -1.00 e. The summed E-state index contributed by atoms with van der Waals surface area (Å²) in [4.78, 5) is 0. The molecule has 0 aromatic heterocycles. The Hall–Kier alpha value is -2.66. The van der Waals surface area contributed by atoms with Crippen molar-refractivity contribution in [3.8, 4) is 0 Å². The zero-order valence-electron chi connectivity index (χ0n) is 32.6. The van der Waals surface area contributed by atoms with E-state index in [-0.39, 0.29) is 42.1 Å². The molecule has 0 bridgehead atoms. The number of benzene rings is 6. The van der Waals surface area contributed by atoms with Gasteiger partial charge in [0.1, 0.15) is 0 Å². The first-order chi connectivity index (χ1) is 24.1. The number of hydrogen-bond donors (Lipinski definition) is 0. The SMILES string of the molecule is CC(C)(C)[Si](C)(C)OC1=Cc2c(c3ccccc3c3ccccc23)[CH]1[Zr+2][CH]1C(O[Si](C)(C)C(C)(C)C)=Cc2c1c1ccccc1c1ccccc21.[Cl-].[Cl-]. The summed E-state index contributed by atoms with van der Waals surface area (Å²) in [7, 11) is -4.31. The van der Waals surface area contributed by atoms with Crippen LogP contribution in [0.3, 0.4) is 0 Å². The molecule has 0 amide bonds. The summed E-state index contributed by atoms with van der Waals surface area (Å²) in [6.45, 7) is 23.8. The Morgan fingerprint density at radius 3 is 1.00 bits per heavy atom. The molecule has 0 spiro atoms. The van der Waals surface area contributed by atoms with E-state index in [0.29, 0.717) is 0 Å². The van der Waals surface area contributed by atoms with Crippen LogP contribution in [0.2, 0.25) is 36.3 Å². The fraction of sp³-hybridized carbons (Fsp3) is 0.304. The smallest absolute Gasteiger partial charge is 1.00 e. The molecule has 7 heteroatoms. The summed E-state index contributed by atoms with van der Waals surface area (Å²) in [6.07, 6.45) is 4.92. The number of hydrogen-bond acceptors (Lipinski definition) is 2. The third-order valence-corrected chi connectivity index (χ3v) is 25.6. The molecular formula is C46H50Cl2O2Si2Zr. The Kier molecular flexibility index (Phi) is 10.7. The van der Waals surface area contributed by atoms with Crippen LogP contribution in [0, 0.1) is 0 Å². The Balaban J connectivity index is 0.00000240. The first-order valence-electron chi connectivity index (χ1n) is 18.5. The van der Waals surface area contributed by atoms with Crippen molar-refractivity contribution in [1.29, 1.82) is 0 Å². The molecule has 0 saturated heterocycles. The van der Waals surface area contributed by atoms with E-state index in [4.69, 9.17) is 8.85 Å². The standard InChI is InChI=1S/2C23H25OSi.2ClH.Zr/c2*1-23(2,3)25(4,5)24-16-14-21-19-12-8-6-10-17(19)18-11-7-9-13-20(18)22(21)15-16;;;/h2*6-15H,1-5H3;2*1H;/q;;;;+2/p-2. The van der Waals surface area contributed by atoms with Gasteiger partial charge in [0, 0.05) is 0 Å². The van der Waals surface area contributed by atoms with Crippen molar-refractivity contribution in [3.05, 3.63) is 131 Å². The Morgan fingerprint density at radius 2 is 0.698 bits per heavy atom. The van der Waals surface area contributed by atoms with E-state index in [1.165, 1.54) is 76.9 Å². The van der Waals surface area contributed by atoms with Crippen molar-refractivity contribution >= 4 is 71.9 Å². The Morgan fingerprint density at radius 1 is 0.434 bits per heavy atom. The molecule has 0 saturated carbocycles. The van der Waals surface area contributed by atoms with Crippen molar-refractivity contribution in [2.24, 2.45) is 0 Å². The maximum atomic E-state index is 7.49. The Bertz CT molecular complexity index is 2280. The second kappa shape index (κ2) is 14.1. The molecule has 2 atom stereocenters. The van der Waals surface area contributed by atoms with Crippen molar-refractivity contribution in [2.75, 3.05) is 0 Å². The van der Waals surface area contributed by atoms with Gasteiger partial charge >= 0.3 is 320 Å². The van der Waals surface area contributed by atoms with Crippen LogP contribution in [0.15, 0.2) is 109 Å². The quantitative estimate of drug-likeness (QED) is 0.125. The minimum Gasteiger partial charge on any atom is -1.00 e. The normalized spacial score (nSPS) is 17.1. The van der Waals surface area contributed by atoms with E-state index in [9.17, 15) is 0 Å². The molecule has 6 aromatic rings. The van der Waals surface area contributed by atoms with Gasteiger partial charge in [-0.2, -0.15) is 0 Å². The molecule has 2 nitrogen and oxygen atoms in total. The van der Waals surface area contributed by atoms with Gasteiger partial charge in [0.05, 0.1) is 0 Å². The first-order valence-corrected chi connectivity index (χ1v) is 27.2. The summed E-state index contributed by atoms with van der Waals surface area (Å²) >= 11 is -1.45. The van der Waals surface area contributed by atoms with E-state index in [1.807, 2.05) is 0 Å². The van der Waals surface area contributed by atoms with E-state index in [1.54, 1.807) is 0 Å². The van der Waals surface area contributed by atoms with Gasteiger partial charge in [0.25, 0.3) is 0 Å². The van der Waals surface area contributed by atoms with Crippen LogP contribution in [-0.4, -0.2) is 16.6 Å². The van der Waals surface area contributed by atoms with Crippen LogP contribution in [0.5, 0.6) is 0 Å². The van der Waals surface area contributed by atoms with E-state index in [0.717, 1.165) is 0 Å². The fourth-order valence-corrected chi connectivity index (χ4v) is 15.0. The minimum atomic E-state index is -2.15. The van der Waals surface area contributed by atoms with Crippen molar-refractivity contribution in [2.45, 2.75) is 85.1 Å².